The summed E-state index contributed by atoms with van der Waals surface area (Å²) in [5, 5.41) is 63.6. The fourth-order valence-corrected chi connectivity index (χ4v) is 7.13. The molecule has 0 spiro atoms. The summed E-state index contributed by atoms with van der Waals surface area (Å²) < 4.78 is 23.1. The van der Waals surface area contributed by atoms with Crippen LogP contribution >= 0.6 is 0 Å². The van der Waals surface area contributed by atoms with Crippen molar-refractivity contribution in [2.24, 2.45) is 0 Å². The number of nitro benzene ring substituents is 1. The Bertz CT molecular complexity index is 2360. The molecule has 0 saturated carbocycles. The minimum atomic E-state index is -2.00. The fourth-order valence-electron chi connectivity index (χ4n) is 7.13. The summed E-state index contributed by atoms with van der Waals surface area (Å²) in [6.07, 6.45) is -10.4. The molecular weight excluding hydrogens is 728 g/mol. The third kappa shape index (κ3) is 6.01. The predicted molar refractivity (Wildman–Crippen MR) is 186 cm³/mol. The van der Waals surface area contributed by atoms with Crippen molar-refractivity contribution in [3.05, 3.63) is 85.2 Å². The number of anilines is 1. The maximum absolute atomic E-state index is 13.7. The van der Waals surface area contributed by atoms with Crippen LogP contribution in [0.15, 0.2) is 47.3 Å². The summed E-state index contributed by atoms with van der Waals surface area (Å²) in [7, 11) is 1.21. The minimum absolute atomic E-state index is 0.00740. The van der Waals surface area contributed by atoms with E-state index >= 15 is 0 Å². The van der Waals surface area contributed by atoms with Gasteiger partial charge < -0.3 is 49.0 Å². The third-order valence-electron chi connectivity index (χ3n) is 10.2. The Morgan fingerprint density at radius 3 is 2.49 bits per heavy atom. The van der Waals surface area contributed by atoms with Crippen molar-refractivity contribution in [3.63, 3.8) is 0 Å². The summed E-state index contributed by atoms with van der Waals surface area (Å²) in [6, 6.07) is 9.30. The first-order valence-electron chi connectivity index (χ1n) is 17.0. The van der Waals surface area contributed by atoms with Crippen molar-refractivity contribution in [3.8, 4) is 22.9 Å². The Morgan fingerprint density at radius 2 is 1.82 bits per heavy atom. The molecular formula is C36H34N4O15. The van der Waals surface area contributed by atoms with E-state index in [4.69, 9.17) is 23.9 Å². The number of aromatic nitrogens is 2. The molecule has 19 nitrogen and oxygen atoms in total. The number of cyclic esters (lactones) is 1. The second-order valence-electron chi connectivity index (χ2n) is 13.2. The molecule has 288 valence electrons. The summed E-state index contributed by atoms with van der Waals surface area (Å²) in [4.78, 5) is 68.0. The predicted octanol–water partition coefficient (Wildman–Crippen LogP) is 1.46. The van der Waals surface area contributed by atoms with Gasteiger partial charge in [0.25, 0.3) is 11.2 Å². The van der Waals surface area contributed by atoms with Gasteiger partial charge >= 0.3 is 18.0 Å². The molecule has 2 aromatic heterocycles. The maximum Gasteiger partial charge on any atom is 0.419 e. The number of carbonyl (C=O) groups is 3. The van der Waals surface area contributed by atoms with Gasteiger partial charge in [-0.1, -0.05) is 13.8 Å². The summed E-state index contributed by atoms with van der Waals surface area (Å²) in [5.41, 5.74) is 0.149. The number of carbonyl (C=O) groups excluding carboxylic acids is 2. The van der Waals surface area contributed by atoms with Crippen LogP contribution < -0.4 is 19.9 Å². The van der Waals surface area contributed by atoms with Crippen molar-refractivity contribution in [2.75, 3.05) is 11.9 Å². The van der Waals surface area contributed by atoms with Crippen molar-refractivity contribution >= 4 is 40.3 Å². The first-order chi connectivity index (χ1) is 26.1. The second kappa shape index (κ2) is 13.7. The van der Waals surface area contributed by atoms with E-state index in [1.165, 1.54) is 17.7 Å². The van der Waals surface area contributed by atoms with Gasteiger partial charge in [0.05, 0.1) is 39.6 Å². The molecule has 2 aromatic carbocycles. The Morgan fingerprint density at radius 1 is 1.07 bits per heavy atom. The number of ether oxygens (including phenoxy) is 4. The number of aliphatic carboxylic acids is 1. The molecule has 7 rings (SSSR count). The SMILES string of the molecule is CCc1c2c(nc3ccc(OC(=O)N(C)c4cc([N+](=O)[O-])ccc4O[C@@H]4O[C@H](C(=O)O)[C@@H](O)[C@H](O)[C@H]4O)cc13)-c1cc3c(c(=O)n1C2)COC(=O)[C@]3(O)CC. The molecule has 0 unspecified atom stereocenters. The van der Waals surface area contributed by atoms with E-state index in [-0.39, 0.29) is 47.9 Å². The number of aliphatic hydroxyl groups is 4. The van der Waals surface area contributed by atoms with Gasteiger partial charge in [0.2, 0.25) is 6.29 Å². The number of amides is 1. The summed E-state index contributed by atoms with van der Waals surface area (Å²) in [6.45, 7) is 3.38. The first-order valence-corrected chi connectivity index (χ1v) is 17.0. The molecule has 1 fully saturated rings. The van der Waals surface area contributed by atoms with Crippen molar-refractivity contribution < 1.29 is 63.8 Å². The number of rotatable bonds is 8. The standard InChI is InChI=1S/C36H34N4O15/c1-4-17-18-11-16(7-8-22(18)37-26-19(17)13-39-24(26)12-21-20(31(39)44)14-52-34(47)36(21,49)5-2)53-35(48)38(3)23-10-15(40(50)51)6-9-25(23)54-33-29(43)27(41)28(42)30(55-33)32(45)46/h6-12,27-30,33,41-43,49H,4-5,13-14H2,1-3H3,(H,45,46)/t27-,28-,29+,30-,33+,36-/m0/s1. The maximum atomic E-state index is 13.7. The van der Waals surface area contributed by atoms with Crippen molar-refractivity contribution in [1.29, 1.82) is 0 Å². The second-order valence-corrected chi connectivity index (χ2v) is 13.2. The molecule has 4 aromatic rings. The highest BCUT2D eigenvalue weighted by atomic mass is 16.7. The van der Waals surface area contributed by atoms with E-state index in [1.807, 2.05) is 6.92 Å². The summed E-state index contributed by atoms with van der Waals surface area (Å²) in [5.74, 6) is -2.75. The van der Waals surface area contributed by atoms with Gasteiger partial charge in [-0.2, -0.15) is 0 Å². The van der Waals surface area contributed by atoms with Crippen LogP contribution in [0.5, 0.6) is 11.5 Å². The number of aryl methyl sites for hydroxylation is 1. The van der Waals surface area contributed by atoms with Gasteiger partial charge in [-0.25, -0.2) is 19.4 Å². The lowest BCUT2D eigenvalue weighted by molar-refractivity contribution is -0.384. The average Bonchev–Trinajstić information content (AvgIpc) is 3.53. The topological polar surface area (TPSA) is 271 Å². The molecule has 0 radical (unpaired) electrons. The highest BCUT2D eigenvalue weighted by Crippen LogP contribution is 2.41. The highest BCUT2D eigenvalue weighted by Gasteiger charge is 2.49. The van der Waals surface area contributed by atoms with Gasteiger partial charge in [0.1, 0.15) is 36.4 Å². The number of non-ortho nitro benzene ring substituents is 1. The molecule has 5 heterocycles. The fraction of sp³-hybridized carbons (Fsp3) is 0.361. The first kappa shape index (κ1) is 37.3. The molecule has 6 atom stereocenters. The molecule has 0 aliphatic carbocycles. The third-order valence-corrected chi connectivity index (χ3v) is 10.2. The molecule has 3 aliphatic rings. The number of benzene rings is 2. The van der Waals surface area contributed by atoms with E-state index < -0.39 is 70.5 Å². The largest absolute Gasteiger partial charge is 0.479 e. The Hall–Kier alpha value is -5.99. The van der Waals surface area contributed by atoms with E-state index in [0.29, 0.717) is 28.7 Å². The molecule has 55 heavy (non-hydrogen) atoms. The van der Waals surface area contributed by atoms with E-state index in [2.05, 4.69) is 0 Å². The molecule has 19 heteroatoms. The number of carboxylic acid groups (broad SMARTS) is 1. The number of nitro groups is 1. The van der Waals surface area contributed by atoms with E-state index in [9.17, 15) is 54.8 Å². The number of aliphatic hydroxyl groups excluding tert-OH is 3. The number of pyridine rings is 2. The average molecular weight is 763 g/mol. The van der Waals surface area contributed by atoms with Crippen LogP contribution in [0.1, 0.15) is 42.5 Å². The molecule has 1 amide bonds. The molecule has 3 aliphatic heterocycles. The normalized spacial score (nSPS) is 24.0. The zero-order valence-corrected chi connectivity index (χ0v) is 29.4. The van der Waals surface area contributed by atoms with Gasteiger partial charge in [0, 0.05) is 35.7 Å². The van der Waals surface area contributed by atoms with E-state index in [1.54, 1.807) is 25.1 Å². The molecule has 1 saturated heterocycles. The van der Waals surface area contributed by atoms with Crippen molar-refractivity contribution in [1.82, 2.24) is 9.55 Å². The van der Waals surface area contributed by atoms with Crippen LogP contribution in [-0.4, -0.2) is 95.8 Å². The zero-order valence-electron chi connectivity index (χ0n) is 29.4. The van der Waals surface area contributed by atoms with Crippen LogP contribution in [-0.2, 0) is 44.2 Å². The number of hydrogen-bond acceptors (Lipinski definition) is 15. The van der Waals surface area contributed by atoms with Gasteiger partial charge in [-0.05, 0) is 48.7 Å². The number of hydrogen-bond donors (Lipinski definition) is 5. The van der Waals surface area contributed by atoms with Crippen LogP contribution in [0.3, 0.4) is 0 Å². The highest BCUT2D eigenvalue weighted by molar-refractivity contribution is 5.93. The van der Waals surface area contributed by atoms with Crippen molar-refractivity contribution in [2.45, 2.75) is 76.1 Å². The Balaban J connectivity index is 1.20. The lowest BCUT2D eigenvalue weighted by Crippen LogP contribution is -2.61. The molecule has 5 N–H and O–H groups in total. The van der Waals surface area contributed by atoms with Crippen LogP contribution in [0.25, 0.3) is 22.3 Å². The lowest BCUT2D eigenvalue weighted by Gasteiger charge is -2.38. The number of esters is 1. The summed E-state index contributed by atoms with van der Waals surface area (Å²) >= 11 is 0. The Labute approximate surface area is 309 Å². The lowest BCUT2D eigenvalue weighted by atomic mass is 9.86. The number of carboxylic acids is 1. The number of fused-ring (bicyclic) bond motifs is 5. The van der Waals surface area contributed by atoms with Crippen LogP contribution in [0.2, 0.25) is 0 Å². The van der Waals surface area contributed by atoms with Gasteiger partial charge in [-0.3, -0.25) is 19.8 Å². The monoisotopic (exact) mass is 762 g/mol. The Kier molecular flexibility index (Phi) is 9.30. The zero-order chi connectivity index (χ0) is 39.7. The molecule has 0 bridgehead atoms. The van der Waals surface area contributed by atoms with Crippen LogP contribution in [0, 0.1) is 10.1 Å². The smallest absolute Gasteiger partial charge is 0.419 e. The number of nitrogens with zero attached hydrogens (tertiary/aromatic N) is 4. The van der Waals surface area contributed by atoms with Crippen LogP contribution in [0.4, 0.5) is 16.2 Å². The minimum Gasteiger partial charge on any atom is -0.479 e. The quantitative estimate of drug-likeness (QED) is 0.0850. The van der Waals surface area contributed by atoms with Gasteiger partial charge in [-0.15, -0.1) is 0 Å². The van der Waals surface area contributed by atoms with Gasteiger partial charge in [0.15, 0.2) is 11.7 Å². The van der Waals surface area contributed by atoms with E-state index in [0.717, 1.165) is 34.2 Å².